The minimum absolute atomic E-state index is 0.0584. The van der Waals surface area contributed by atoms with Crippen LogP contribution in [0, 0.1) is 21.4 Å². The Labute approximate surface area is 188 Å². The van der Waals surface area contributed by atoms with Gasteiger partial charge in [-0.05, 0) is 24.6 Å². The third kappa shape index (κ3) is 6.38. The second-order valence-electron chi connectivity index (χ2n) is 6.45. The van der Waals surface area contributed by atoms with Crippen LogP contribution in [-0.2, 0) is 16.1 Å². The Morgan fingerprint density at radius 1 is 1.21 bits per heavy atom. The van der Waals surface area contributed by atoms with Crippen LogP contribution >= 0.6 is 0 Å². The maximum absolute atomic E-state index is 11.5. The van der Waals surface area contributed by atoms with Crippen molar-refractivity contribution in [1.29, 1.82) is 5.26 Å². The number of rotatable bonds is 10. The van der Waals surface area contributed by atoms with Crippen molar-refractivity contribution in [2.45, 2.75) is 13.5 Å². The lowest BCUT2D eigenvalue weighted by molar-refractivity contribution is -0.386. The molecule has 3 aromatic rings. The summed E-state index contributed by atoms with van der Waals surface area (Å²) in [4.78, 5) is 30.1. The van der Waals surface area contributed by atoms with Gasteiger partial charge in [0.25, 0.3) is 0 Å². The molecule has 11 heteroatoms. The van der Waals surface area contributed by atoms with Crippen LogP contribution in [0.4, 0.5) is 11.6 Å². The highest BCUT2D eigenvalue weighted by Gasteiger charge is 2.22. The van der Waals surface area contributed by atoms with Gasteiger partial charge >= 0.3 is 17.5 Å². The molecule has 0 unspecified atom stereocenters. The summed E-state index contributed by atoms with van der Waals surface area (Å²) >= 11 is 0. The minimum atomic E-state index is -0.705. The van der Waals surface area contributed by atoms with Crippen LogP contribution in [0.25, 0.3) is 0 Å². The Balaban J connectivity index is 1.88. The van der Waals surface area contributed by atoms with Crippen molar-refractivity contribution < 1.29 is 23.9 Å². The predicted molar refractivity (Wildman–Crippen MR) is 116 cm³/mol. The zero-order valence-electron chi connectivity index (χ0n) is 17.6. The fraction of sp³-hybridized carbons (Fsp3) is 0.182. The van der Waals surface area contributed by atoms with Gasteiger partial charge in [-0.25, -0.2) is 4.98 Å². The van der Waals surface area contributed by atoms with E-state index in [4.69, 9.17) is 14.2 Å². The zero-order valence-corrected chi connectivity index (χ0v) is 17.6. The van der Waals surface area contributed by atoms with Gasteiger partial charge in [-0.1, -0.05) is 30.3 Å². The van der Waals surface area contributed by atoms with Gasteiger partial charge in [-0.2, -0.15) is 10.2 Å². The van der Waals surface area contributed by atoms with Gasteiger partial charge in [0.1, 0.15) is 19.3 Å². The lowest BCUT2D eigenvalue weighted by atomic mass is 10.2. The van der Waals surface area contributed by atoms with Gasteiger partial charge in [0, 0.05) is 6.07 Å². The number of anilines is 1. The number of carbonyl (C=O) groups is 1. The first-order valence-corrected chi connectivity index (χ1v) is 9.79. The van der Waals surface area contributed by atoms with E-state index < -0.39 is 16.6 Å². The molecule has 0 aliphatic heterocycles. The fourth-order valence-electron chi connectivity index (χ4n) is 2.62. The monoisotopic (exact) mass is 449 g/mol. The lowest BCUT2D eigenvalue weighted by Crippen LogP contribution is -2.18. The predicted octanol–water partition coefficient (Wildman–Crippen LogP) is 3.60. The molecule has 0 atom stereocenters. The van der Waals surface area contributed by atoms with E-state index in [0.29, 0.717) is 0 Å². The maximum Gasteiger partial charge on any atom is 0.349 e. The van der Waals surface area contributed by atoms with E-state index >= 15 is 0 Å². The summed E-state index contributed by atoms with van der Waals surface area (Å²) in [5, 5.41) is 23.3. The van der Waals surface area contributed by atoms with E-state index in [1.807, 2.05) is 36.4 Å². The summed E-state index contributed by atoms with van der Waals surface area (Å²) in [7, 11) is 0. The molecule has 0 saturated carbocycles. The van der Waals surface area contributed by atoms with Crippen molar-refractivity contribution in [3.05, 3.63) is 76.0 Å². The first-order valence-electron chi connectivity index (χ1n) is 9.79. The number of aromatic nitrogens is 2. The molecule has 1 heterocycles. The van der Waals surface area contributed by atoms with Crippen LogP contribution in [0.5, 0.6) is 17.4 Å². The number of nitrogens with zero attached hydrogens (tertiary/aromatic N) is 4. The molecular weight excluding hydrogens is 430 g/mol. The third-order valence-corrected chi connectivity index (χ3v) is 4.15. The van der Waals surface area contributed by atoms with Crippen LogP contribution in [-0.4, -0.2) is 34.0 Å². The Morgan fingerprint density at radius 2 is 2.00 bits per heavy atom. The number of ether oxygens (including phenoxy) is 3. The van der Waals surface area contributed by atoms with Crippen molar-refractivity contribution in [3.8, 4) is 23.4 Å². The van der Waals surface area contributed by atoms with E-state index in [1.165, 1.54) is 18.2 Å². The Bertz CT molecular complexity index is 1180. The number of benzene rings is 2. The molecule has 11 nitrogen and oxygen atoms in total. The molecule has 0 aliphatic rings. The average molecular weight is 449 g/mol. The van der Waals surface area contributed by atoms with Crippen molar-refractivity contribution in [1.82, 2.24) is 9.97 Å². The number of hydrogen-bond acceptors (Lipinski definition) is 10. The molecule has 0 radical (unpaired) electrons. The molecule has 1 N–H and O–H groups in total. The van der Waals surface area contributed by atoms with Crippen LogP contribution in [0.3, 0.4) is 0 Å². The number of hydrogen-bond donors (Lipinski definition) is 1. The molecular formula is C22H19N5O6. The molecule has 33 heavy (non-hydrogen) atoms. The van der Waals surface area contributed by atoms with Crippen molar-refractivity contribution in [2.75, 3.05) is 18.5 Å². The molecule has 168 valence electrons. The van der Waals surface area contributed by atoms with Crippen molar-refractivity contribution >= 4 is 17.6 Å². The molecule has 3 rings (SSSR count). The zero-order chi connectivity index (χ0) is 23.6. The van der Waals surface area contributed by atoms with Crippen LogP contribution < -0.4 is 14.8 Å². The molecule has 0 spiro atoms. The van der Waals surface area contributed by atoms with E-state index in [0.717, 1.165) is 11.8 Å². The summed E-state index contributed by atoms with van der Waals surface area (Å²) in [5.41, 5.74) is 0.647. The molecule has 0 fully saturated rings. The highest BCUT2D eigenvalue weighted by atomic mass is 16.6. The van der Waals surface area contributed by atoms with Crippen LogP contribution in [0.2, 0.25) is 0 Å². The first kappa shape index (κ1) is 23.0. The summed E-state index contributed by atoms with van der Waals surface area (Å²) in [6, 6.07) is 15.8. The summed E-state index contributed by atoms with van der Waals surface area (Å²) in [6.07, 6.45) is 0.953. The standard InChI is InChI=1S/C22H19N5O6/c1-2-31-20(28)13-25-22-24-12-17(27(29)30)21(26-22)33-19-10-16(11-23)8-9-18(19)32-14-15-6-4-3-5-7-15/h3-10,12H,2,13-14H2,1H3,(H,24,25,26). The molecule has 2 aromatic carbocycles. The first-order chi connectivity index (χ1) is 16.0. The Kier molecular flexibility index (Phi) is 7.69. The second-order valence-corrected chi connectivity index (χ2v) is 6.45. The van der Waals surface area contributed by atoms with E-state index in [9.17, 15) is 20.2 Å². The number of nitriles is 1. The number of nitro groups is 1. The third-order valence-electron chi connectivity index (χ3n) is 4.15. The van der Waals surface area contributed by atoms with Gasteiger partial charge in [-0.15, -0.1) is 0 Å². The van der Waals surface area contributed by atoms with E-state index in [-0.39, 0.29) is 48.6 Å². The maximum atomic E-state index is 11.5. The summed E-state index contributed by atoms with van der Waals surface area (Å²) in [6.45, 7) is 1.85. The highest BCUT2D eigenvalue weighted by Crippen LogP contribution is 2.36. The van der Waals surface area contributed by atoms with Crippen LogP contribution in [0.1, 0.15) is 18.1 Å². The Morgan fingerprint density at radius 3 is 2.70 bits per heavy atom. The van der Waals surface area contributed by atoms with Crippen molar-refractivity contribution in [3.63, 3.8) is 0 Å². The van der Waals surface area contributed by atoms with E-state index in [2.05, 4.69) is 15.3 Å². The quantitative estimate of drug-likeness (QED) is 0.276. The molecule has 0 aliphatic carbocycles. The number of carbonyl (C=O) groups excluding carboxylic acids is 1. The smallest absolute Gasteiger partial charge is 0.349 e. The van der Waals surface area contributed by atoms with Gasteiger partial charge in [0.15, 0.2) is 11.5 Å². The SMILES string of the molecule is CCOC(=O)CNc1ncc([N+](=O)[O-])c(Oc2cc(C#N)ccc2OCc2ccccc2)n1. The largest absolute Gasteiger partial charge is 0.485 e. The topological polar surface area (TPSA) is 150 Å². The lowest BCUT2D eigenvalue weighted by Gasteiger charge is -2.13. The number of esters is 1. The minimum Gasteiger partial charge on any atom is -0.485 e. The number of nitrogens with one attached hydrogen (secondary N) is 1. The van der Waals surface area contributed by atoms with Gasteiger partial charge < -0.3 is 19.5 Å². The normalized spacial score (nSPS) is 10.1. The van der Waals surface area contributed by atoms with Gasteiger partial charge in [0.05, 0.1) is 23.2 Å². The average Bonchev–Trinajstić information content (AvgIpc) is 2.82. The second kappa shape index (κ2) is 11.1. The molecule has 0 bridgehead atoms. The Hall–Kier alpha value is -4.72. The van der Waals surface area contributed by atoms with Gasteiger partial charge in [0.2, 0.25) is 5.95 Å². The molecule has 0 amide bonds. The fourth-order valence-corrected chi connectivity index (χ4v) is 2.62. The van der Waals surface area contributed by atoms with Gasteiger partial charge in [-0.3, -0.25) is 14.9 Å². The summed E-state index contributed by atoms with van der Waals surface area (Å²) < 4.78 is 16.3. The molecule has 0 saturated heterocycles. The summed E-state index contributed by atoms with van der Waals surface area (Å²) in [5.74, 6) is -0.692. The van der Waals surface area contributed by atoms with Crippen LogP contribution in [0.15, 0.2) is 54.7 Å². The van der Waals surface area contributed by atoms with Crippen molar-refractivity contribution in [2.24, 2.45) is 0 Å². The highest BCUT2D eigenvalue weighted by molar-refractivity contribution is 5.74. The molecule has 1 aromatic heterocycles. The van der Waals surface area contributed by atoms with E-state index in [1.54, 1.807) is 6.92 Å².